The number of carbonyl (C=O) groups excluding carboxylic acids is 1. The van der Waals surface area contributed by atoms with Gasteiger partial charge in [-0.05, 0) is 37.4 Å². The topological polar surface area (TPSA) is 109 Å². The molecule has 1 aromatic heterocycles. The summed E-state index contributed by atoms with van der Waals surface area (Å²) in [6.45, 7) is 1.73. The Morgan fingerprint density at radius 3 is 2.27 bits per heavy atom. The fourth-order valence-electron chi connectivity index (χ4n) is 4.43. The number of amides is 1. The van der Waals surface area contributed by atoms with Gasteiger partial charge < -0.3 is 38.3 Å². The molecule has 0 radical (unpaired) electrons. The van der Waals surface area contributed by atoms with Crippen LogP contribution in [0.5, 0.6) is 28.7 Å². The van der Waals surface area contributed by atoms with Crippen LogP contribution in [0.15, 0.2) is 69.9 Å². The van der Waals surface area contributed by atoms with Gasteiger partial charge in [-0.15, -0.1) is 0 Å². The van der Waals surface area contributed by atoms with E-state index >= 15 is 0 Å². The van der Waals surface area contributed by atoms with E-state index in [9.17, 15) is 9.59 Å². The third kappa shape index (κ3) is 6.90. The molecule has 0 aliphatic rings. The molecule has 0 bridgehead atoms. The first-order valence-corrected chi connectivity index (χ1v) is 13.0. The molecule has 4 aromatic rings. The third-order valence-corrected chi connectivity index (χ3v) is 6.48. The molecular formula is C31H34N2O8. The third-order valence-electron chi connectivity index (χ3n) is 6.48. The molecule has 3 aromatic carbocycles. The summed E-state index contributed by atoms with van der Waals surface area (Å²) in [7, 11) is 8.05. The van der Waals surface area contributed by atoms with Crippen LogP contribution in [0, 0.1) is 0 Å². The predicted octanol–water partition coefficient (Wildman–Crippen LogP) is 4.12. The minimum atomic E-state index is -0.287. The van der Waals surface area contributed by atoms with Crippen molar-refractivity contribution < 1.29 is 32.9 Å². The van der Waals surface area contributed by atoms with Gasteiger partial charge in [-0.3, -0.25) is 9.59 Å². The van der Waals surface area contributed by atoms with Gasteiger partial charge in [0.25, 0.3) is 5.91 Å². The van der Waals surface area contributed by atoms with E-state index in [1.54, 1.807) is 37.4 Å². The van der Waals surface area contributed by atoms with E-state index in [4.69, 9.17) is 28.1 Å². The Morgan fingerprint density at radius 2 is 1.59 bits per heavy atom. The van der Waals surface area contributed by atoms with Crippen molar-refractivity contribution in [1.29, 1.82) is 0 Å². The van der Waals surface area contributed by atoms with Crippen molar-refractivity contribution in [2.24, 2.45) is 0 Å². The van der Waals surface area contributed by atoms with Gasteiger partial charge in [-0.1, -0.05) is 18.2 Å². The van der Waals surface area contributed by atoms with E-state index in [1.807, 2.05) is 31.3 Å². The number of rotatable bonds is 13. The average Bonchev–Trinajstić information content (AvgIpc) is 2.99. The first kappa shape index (κ1) is 29.3. The Morgan fingerprint density at radius 1 is 0.878 bits per heavy atom. The summed E-state index contributed by atoms with van der Waals surface area (Å²) in [6.07, 6.45) is 0. The number of ether oxygens (including phenoxy) is 5. The summed E-state index contributed by atoms with van der Waals surface area (Å²) in [5.74, 6) is 2.42. The number of likely N-dealkylation sites (N-methyl/N-ethyl adjacent to an activating group) is 1. The molecular weight excluding hydrogens is 528 g/mol. The molecule has 4 rings (SSSR count). The lowest BCUT2D eigenvalue weighted by molar-refractivity contribution is -0.123. The van der Waals surface area contributed by atoms with E-state index < -0.39 is 0 Å². The average molecular weight is 563 g/mol. The molecule has 0 atom stereocenters. The van der Waals surface area contributed by atoms with Crippen molar-refractivity contribution in [2.75, 3.05) is 55.2 Å². The first-order valence-electron chi connectivity index (χ1n) is 13.0. The molecule has 10 heteroatoms. The maximum absolute atomic E-state index is 13.0. The Balaban J connectivity index is 1.34. The summed E-state index contributed by atoms with van der Waals surface area (Å²) in [5.41, 5.74) is 1.75. The molecule has 1 amide bonds. The van der Waals surface area contributed by atoms with Gasteiger partial charge in [0.2, 0.25) is 5.75 Å². The van der Waals surface area contributed by atoms with E-state index in [0.717, 1.165) is 11.3 Å². The number of carbonyl (C=O) groups is 1. The largest absolute Gasteiger partial charge is 0.496 e. The quantitative estimate of drug-likeness (QED) is 0.257. The van der Waals surface area contributed by atoms with Crippen molar-refractivity contribution in [3.8, 4) is 40.1 Å². The van der Waals surface area contributed by atoms with Gasteiger partial charge in [-0.2, -0.15) is 0 Å². The molecule has 0 saturated carbocycles. The van der Waals surface area contributed by atoms with E-state index in [0.29, 0.717) is 53.8 Å². The molecule has 0 unspecified atom stereocenters. The second-order valence-corrected chi connectivity index (χ2v) is 9.21. The van der Waals surface area contributed by atoms with Crippen molar-refractivity contribution in [1.82, 2.24) is 10.2 Å². The van der Waals surface area contributed by atoms with Crippen molar-refractivity contribution >= 4 is 16.9 Å². The molecule has 0 saturated heterocycles. The van der Waals surface area contributed by atoms with Crippen LogP contribution in [0.3, 0.4) is 0 Å². The number of nitrogens with zero attached hydrogens (tertiary/aromatic N) is 1. The Hall–Kier alpha value is -4.70. The molecule has 1 N–H and O–H groups in total. The number of nitrogens with one attached hydrogen (secondary N) is 1. The summed E-state index contributed by atoms with van der Waals surface area (Å²) in [6, 6.07) is 17.8. The fourth-order valence-corrected chi connectivity index (χ4v) is 4.43. The monoisotopic (exact) mass is 562 g/mol. The first-order chi connectivity index (χ1) is 19.9. The molecule has 0 fully saturated rings. The number of para-hydroxylation sites is 1. The fraction of sp³-hybridized carbons (Fsp3) is 0.290. The van der Waals surface area contributed by atoms with Crippen LogP contribution < -0.4 is 34.4 Å². The SMILES string of the molecule is COc1ccccc1CN(C)CCNC(=O)COc1ccc(-c2cc(=O)c3c(OC)c(OC)c(OC)cc3o2)cc1. The Bertz CT molecular complexity index is 1550. The van der Waals surface area contributed by atoms with Gasteiger partial charge in [0.05, 0.1) is 28.4 Å². The molecule has 0 aliphatic heterocycles. The normalized spacial score (nSPS) is 10.9. The molecule has 0 aliphatic carbocycles. The van der Waals surface area contributed by atoms with Crippen LogP contribution >= 0.6 is 0 Å². The van der Waals surface area contributed by atoms with Crippen LogP contribution in [0.4, 0.5) is 0 Å². The van der Waals surface area contributed by atoms with Crippen LogP contribution in [0.1, 0.15) is 5.56 Å². The smallest absolute Gasteiger partial charge is 0.257 e. The minimum absolute atomic E-state index is 0.123. The van der Waals surface area contributed by atoms with E-state index in [2.05, 4.69) is 10.2 Å². The number of benzene rings is 3. The predicted molar refractivity (Wildman–Crippen MR) is 155 cm³/mol. The lowest BCUT2D eigenvalue weighted by Crippen LogP contribution is -2.35. The zero-order valence-electron chi connectivity index (χ0n) is 23.8. The van der Waals surface area contributed by atoms with Crippen molar-refractivity contribution in [3.05, 3.63) is 76.5 Å². The second-order valence-electron chi connectivity index (χ2n) is 9.21. The maximum Gasteiger partial charge on any atom is 0.257 e. The standard InChI is InChI=1S/C31H34N2O8/c1-33(18-21-8-6-7-9-24(21)36-2)15-14-32-28(35)19-40-22-12-10-20(11-13-22)25-16-23(34)29-26(41-25)17-27(37-3)30(38-4)31(29)39-5/h6-13,16-17H,14-15,18-19H2,1-5H3,(H,32,35). The molecule has 216 valence electrons. The highest BCUT2D eigenvalue weighted by atomic mass is 16.5. The molecule has 10 nitrogen and oxygen atoms in total. The highest BCUT2D eigenvalue weighted by molar-refractivity contribution is 5.90. The van der Waals surface area contributed by atoms with Crippen molar-refractivity contribution in [3.63, 3.8) is 0 Å². The van der Waals surface area contributed by atoms with E-state index in [-0.39, 0.29) is 29.1 Å². The number of fused-ring (bicyclic) bond motifs is 1. The summed E-state index contributed by atoms with van der Waals surface area (Å²) >= 11 is 0. The van der Waals surface area contributed by atoms with Crippen LogP contribution in [0.2, 0.25) is 0 Å². The van der Waals surface area contributed by atoms with Gasteiger partial charge in [0.15, 0.2) is 23.5 Å². The zero-order valence-corrected chi connectivity index (χ0v) is 23.8. The molecule has 1 heterocycles. The van der Waals surface area contributed by atoms with Gasteiger partial charge >= 0.3 is 0 Å². The highest BCUT2D eigenvalue weighted by Gasteiger charge is 2.21. The van der Waals surface area contributed by atoms with Crippen LogP contribution in [0.25, 0.3) is 22.3 Å². The van der Waals surface area contributed by atoms with Crippen molar-refractivity contribution in [2.45, 2.75) is 6.54 Å². The van der Waals surface area contributed by atoms with E-state index in [1.165, 1.54) is 27.4 Å². The summed E-state index contributed by atoms with van der Waals surface area (Å²) in [4.78, 5) is 27.4. The number of methoxy groups -OCH3 is 4. The van der Waals surface area contributed by atoms with Gasteiger partial charge in [0.1, 0.15) is 28.2 Å². The number of hydrogen-bond donors (Lipinski definition) is 1. The summed E-state index contributed by atoms with van der Waals surface area (Å²) < 4.78 is 33.3. The Kier molecular flexibility index (Phi) is 9.70. The zero-order chi connectivity index (χ0) is 29.4. The van der Waals surface area contributed by atoms with Gasteiger partial charge in [-0.25, -0.2) is 0 Å². The lowest BCUT2D eigenvalue weighted by Gasteiger charge is -2.18. The second kappa shape index (κ2) is 13.6. The van der Waals surface area contributed by atoms with Gasteiger partial charge in [0, 0.05) is 42.9 Å². The van der Waals surface area contributed by atoms with Crippen LogP contribution in [-0.2, 0) is 11.3 Å². The minimum Gasteiger partial charge on any atom is -0.496 e. The number of hydrogen-bond acceptors (Lipinski definition) is 9. The highest BCUT2D eigenvalue weighted by Crippen LogP contribution is 2.42. The molecule has 0 spiro atoms. The molecule has 41 heavy (non-hydrogen) atoms. The summed E-state index contributed by atoms with van der Waals surface area (Å²) in [5, 5.41) is 3.12. The Labute approximate surface area is 238 Å². The van der Waals surface area contributed by atoms with Crippen LogP contribution in [-0.4, -0.2) is 66.0 Å². The maximum atomic E-state index is 13.0. The lowest BCUT2D eigenvalue weighted by atomic mass is 10.1.